The molecule has 2 amide bonds. The molecule has 190 valence electrons. The SMILES string of the molecule is CCCCCCCN(CCCCCSc1nc(N)c2cn[nH]c2n1)C(=O)Nc1ccc(F)cc1F. The first-order valence-electron chi connectivity index (χ1n) is 12.1. The largest absolute Gasteiger partial charge is 0.383 e. The summed E-state index contributed by atoms with van der Waals surface area (Å²) in [4.78, 5) is 23.2. The van der Waals surface area contributed by atoms with Crippen molar-refractivity contribution in [1.82, 2.24) is 25.1 Å². The zero-order chi connectivity index (χ0) is 25.0. The molecule has 0 atom stereocenters. The third-order valence-corrected chi connectivity index (χ3v) is 6.55. The van der Waals surface area contributed by atoms with Gasteiger partial charge in [-0.15, -0.1) is 0 Å². The highest BCUT2D eigenvalue weighted by molar-refractivity contribution is 7.99. The summed E-state index contributed by atoms with van der Waals surface area (Å²) in [7, 11) is 0. The van der Waals surface area contributed by atoms with Gasteiger partial charge in [0, 0.05) is 24.9 Å². The summed E-state index contributed by atoms with van der Waals surface area (Å²) in [6.07, 6.45) is 9.66. The topological polar surface area (TPSA) is 113 Å². The Morgan fingerprint density at radius 2 is 1.83 bits per heavy atom. The lowest BCUT2D eigenvalue weighted by atomic mass is 10.1. The number of anilines is 2. The van der Waals surface area contributed by atoms with E-state index in [2.05, 4.69) is 32.4 Å². The molecule has 1 aromatic carbocycles. The summed E-state index contributed by atoms with van der Waals surface area (Å²) < 4.78 is 27.2. The van der Waals surface area contributed by atoms with E-state index in [0.717, 1.165) is 62.8 Å². The maximum atomic E-state index is 14.0. The molecule has 0 aliphatic heterocycles. The van der Waals surface area contributed by atoms with Gasteiger partial charge >= 0.3 is 6.03 Å². The van der Waals surface area contributed by atoms with Crippen LogP contribution in [0.2, 0.25) is 0 Å². The molecule has 0 bridgehead atoms. The van der Waals surface area contributed by atoms with Crippen LogP contribution in [-0.2, 0) is 0 Å². The number of aromatic amines is 1. The van der Waals surface area contributed by atoms with Gasteiger partial charge in [0.25, 0.3) is 0 Å². The van der Waals surface area contributed by atoms with Crippen molar-refractivity contribution >= 4 is 40.3 Å². The van der Waals surface area contributed by atoms with Crippen LogP contribution in [0.5, 0.6) is 0 Å². The van der Waals surface area contributed by atoms with Crippen molar-refractivity contribution < 1.29 is 13.6 Å². The summed E-state index contributed by atoms with van der Waals surface area (Å²) in [6, 6.07) is 2.78. The van der Waals surface area contributed by atoms with Gasteiger partial charge in [-0.25, -0.2) is 23.5 Å². The predicted molar refractivity (Wildman–Crippen MR) is 136 cm³/mol. The maximum absolute atomic E-state index is 14.0. The number of carbonyl (C=O) groups is 1. The molecule has 0 saturated heterocycles. The van der Waals surface area contributed by atoms with Gasteiger partial charge < -0.3 is 16.0 Å². The molecule has 4 N–H and O–H groups in total. The molecular formula is C24H33F2N7OS. The predicted octanol–water partition coefficient (Wildman–Crippen LogP) is 5.98. The number of amides is 2. The number of aromatic nitrogens is 4. The second-order valence-corrected chi connectivity index (χ2v) is 9.45. The molecule has 0 aliphatic carbocycles. The number of benzene rings is 1. The fraction of sp³-hybridized carbons (Fsp3) is 0.500. The van der Waals surface area contributed by atoms with Crippen molar-refractivity contribution in [2.75, 3.05) is 29.9 Å². The number of rotatable bonds is 14. The zero-order valence-electron chi connectivity index (χ0n) is 20.0. The number of urea groups is 1. The van der Waals surface area contributed by atoms with Gasteiger partial charge in [0.1, 0.15) is 17.5 Å². The standard InChI is InChI=1S/C24H33F2N7OS/c1-2-3-4-5-7-12-33(24(34)29-20-11-10-17(25)15-19(20)26)13-8-6-9-14-35-23-30-21(27)18-16-28-32-22(18)31-23/h10-11,15-16H,2-9,12-14H2,1H3,(H,29,34)(H3,27,28,30,31,32). The number of nitrogen functional groups attached to an aromatic ring is 1. The average Bonchev–Trinajstić information content (AvgIpc) is 3.31. The van der Waals surface area contributed by atoms with Crippen LogP contribution in [0.15, 0.2) is 29.6 Å². The van der Waals surface area contributed by atoms with Gasteiger partial charge in [-0.3, -0.25) is 5.10 Å². The molecule has 3 aromatic rings. The number of nitrogens with one attached hydrogen (secondary N) is 2. The number of thioether (sulfide) groups is 1. The van der Waals surface area contributed by atoms with E-state index in [-0.39, 0.29) is 11.7 Å². The lowest BCUT2D eigenvalue weighted by Crippen LogP contribution is -2.36. The number of hydrogen-bond donors (Lipinski definition) is 3. The second kappa shape index (κ2) is 13.8. The van der Waals surface area contributed by atoms with E-state index >= 15 is 0 Å². The maximum Gasteiger partial charge on any atom is 0.321 e. The van der Waals surface area contributed by atoms with Gasteiger partial charge in [0.15, 0.2) is 10.8 Å². The monoisotopic (exact) mass is 505 g/mol. The minimum absolute atomic E-state index is 0.0164. The Bertz CT molecular complexity index is 1090. The van der Waals surface area contributed by atoms with Gasteiger partial charge in [0.05, 0.1) is 17.3 Å². The van der Waals surface area contributed by atoms with Gasteiger partial charge in [-0.05, 0) is 31.4 Å². The molecule has 0 unspecified atom stereocenters. The van der Waals surface area contributed by atoms with Crippen LogP contribution in [0.4, 0.5) is 25.1 Å². The molecule has 0 aliphatic rings. The van der Waals surface area contributed by atoms with Gasteiger partial charge in [-0.2, -0.15) is 5.10 Å². The molecule has 8 nitrogen and oxygen atoms in total. The molecule has 0 saturated carbocycles. The normalized spacial score (nSPS) is 11.2. The van der Waals surface area contributed by atoms with Crippen LogP contribution >= 0.6 is 11.8 Å². The number of halogens is 2. The van der Waals surface area contributed by atoms with Crippen molar-refractivity contribution in [3.63, 3.8) is 0 Å². The Balaban J connectivity index is 1.45. The van der Waals surface area contributed by atoms with E-state index in [1.54, 1.807) is 11.1 Å². The van der Waals surface area contributed by atoms with Crippen LogP contribution in [0.1, 0.15) is 58.3 Å². The minimum atomic E-state index is -0.783. The number of fused-ring (bicyclic) bond motifs is 1. The third-order valence-electron chi connectivity index (χ3n) is 5.61. The summed E-state index contributed by atoms with van der Waals surface area (Å²) in [6.45, 7) is 3.33. The molecule has 0 radical (unpaired) electrons. The van der Waals surface area contributed by atoms with Crippen molar-refractivity contribution in [3.05, 3.63) is 36.0 Å². The van der Waals surface area contributed by atoms with E-state index in [1.807, 2.05) is 0 Å². The Morgan fingerprint density at radius 3 is 2.57 bits per heavy atom. The Kier molecular flexibility index (Phi) is 10.5. The summed E-state index contributed by atoms with van der Waals surface area (Å²) in [5.74, 6) is -0.231. The lowest BCUT2D eigenvalue weighted by molar-refractivity contribution is 0.209. The Morgan fingerprint density at radius 1 is 1.09 bits per heavy atom. The minimum Gasteiger partial charge on any atom is -0.383 e. The number of nitrogens with two attached hydrogens (primary N) is 1. The smallest absolute Gasteiger partial charge is 0.321 e. The van der Waals surface area contributed by atoms with Crippen molar-refractivity contribution in [2.24, 2.45) is 0 Å². The second-order valence-electron chi connectivity index (χ2n) is 8.39. The van der Waals surface area contributed by atoms with E-state index in [4.69, 9.17) is 5.73 Å². The fourth-order valence-corrected chi connectivity index (χ4v) is 4.50. The van der Waals surface area contributed by atoms with Crippen LogP contribution in [-0.4, -0.2) is 49.9 Å². The molecule has 11 heteroatoms. The number of carbonyl (C=O) groups excluding carboxylic acids is 1. The highest BCUT2D eigenvalue weighted by Crippen LogP contribution is 2.22. The first kappa shape index (κ1) is 26.7. The van der Waals surface area contributed by atoms with Gasteiger partial charge in [-0.1, -0.05) is 50.8 Å². The molecular weight excluding hydrogens is 472 g/mol. The van der Waals surface area contributed by atoms with Crippen LogP contribution < -0.4 is 11.1 Å². The molecule has 2 aromatic heterocycles. The van der Waals surface area contributed by atoms with Crippen molar-refractivity contribution in [3.8, 4) is 0 Å². The lowest BCUT2D eigenvalue weighted by Gasteiger charge is -2.23. The first-order valence-corrected chi connectivity index (χ1v) is 13.1. The number of nitrogens with zero attached hydrogens (tertiary/aromatic N) is 4. The number of hydrogen-bond acceptors (Lipinski definition) is 6. The number of H-pyrrole nitrogens is 1. The summed E-state index contributed by atoms with van der Waals surface area (Å²) >= 11 is 1.53. The van der Waals surface area contributed by atoms with E-state index in [9.17, 15) is 13.6 Å². The highest BCUT2D eigenvalue weighted by Gasteiger charge is 2.15. The van der Waals surface area contributed by atoms with E-state index in [1.165, 1.54) is 24.2 Å². The first-order chi connectivity index (χ1) is 17.0. The van der Waals surface area contributed by atoms with Crippen LogP contribution in [0.25, 0.3) is 11.0 Å². The van der Waals surface area contributed by atoms with E-state index < -0.39 is 11.6 Å². The van der Waals surface area contributed by atoms with Crippen LogP contribution in [0.3, 0.4) is 0 Å². The number of unbranched alkanes of at least 4 members (excludes halogenated alkanes) is 6. The van der Waals surface area contributed by atoms with E-state index in [0.29, 0.717) is 35.1 Å². The fourth-order valence-electron chi connectivity index (χ4n) is 3.65. The quantitative estimate of drug-likeness (QED) is 0.141. The zero-order valence-corrected chi connectivity index (χ0v) is 20.8. The Labute approximate surface area is 208 Å². The average molecular weight is 506 g/mol. The van der Waals surface area contributed by atoms with Crippen LogP contribution in [0, 0.1) is 11.6 Å². The summed E-state index contributed by atoms with van der Waals surface area (Å²) in [5.41, 5.74) is 6.55. The molecule has 0 spiro atoms. The van der Waals surface area contributed by atoms with Gasteiger partial charge in [0.2, 0.25) is 0 Å². The van der Waals surface area contributed by atoms with Crippen molar-refractivity contribution in [2.45, 2.75) is 63.4 Å². The molecule has 35 heavy (non-hydrogen) atoms. The Hall–Kier alpha value is -2.95. The highest BCUT2D eigenvalue weighted by atomic mass is 32.2. The molecule has 3 rings (SSSR count). The molecule has 2 heterocycles. The summed E-state index contributed by atoms with van der Waals surface area (Å²) in [5, 5.41) is 10.6. The third kappa shape index (κ3) is 8.34. The molecule has 0 fully saturated rings. The van der Waals surface area contributed by atoms with Crippen molar-refractivity contribution in [1.29, 1.82) is 0 Å².